The van der Waals surface area contributed by atoms with E-state index in [9.17, 15) is 4.79 Å². The van der Waals surface area contributed by atoms with Gasteiger partial charge < -0.3 is 15.5 Å². The molecule has 2 aromatic carbocycles. The van der Waals surface area contributed by atoms with Gasteiger partial charge in [-0.25, -0.2) is 4.98 Å². The van der Waals surface area contributed by atoms with E-state index in [0.717, 1.165) is 35.3 Å². The summed E-state index contributed by atoms with van der Waals surface area (Å²) in [7, 11) is 1.60. The van der Waals surface area contributed by atoms with Gasteiger partial charge in [-0.1, -0.05) is 17.7 Å². The summed E-state index contributed by atoms with van der Waals surface area (Å²) in [4.78, 5) is 22.5. The van der Waals surface area contributed by atoms with Crippen LogP contribution >= 0.6 is 11.6 Å². The minimum atomic E-state index is -0.0886. The van der Waals surface area contributed by atoms with Crippen molar-refractivity contribution in [2.24, 2.45) is 0 Å². The molecule has 3 N–H and O–H groups in total. The second-order valence-corrected chi connectivity index (χ2v) is 7.30. The molecule has 0 radical (unpaired) electrons. The SMILES string of the molecule is COc1ccc(CN2CCc3nc(-c4ccc(N)cc4)[nH]c(=O)c3C2)cc1Cl. The van der Waals surface area contributed by atoms with E-state index < -0.39 is 0 Å². The summed E-state index contributed by atoms with van der Waals surface area (Å²) in [5.41, 5.74) is 9.85. The highest BCUT2D eigenvalue weighted by Crippen LogP contribution is 2.26. The molecule has 0 amide bonds. The summed E-state index contributed by atoms with van der Waals surface area (Å²) < 4.78 is 5.20. The zero-order valence-corrected chi connectivity index (χ0v) is 16.3. The molecule has 3 aromatic rings. The van der Waals surface area contributed by atoms with Crippen LogP contribution in [-0.2, 0) is 19.5 Å². The Balaban J connectivity index is 1.55. The van der Waals surface area contributed by atoms with Crippen molar-refractivity contribution in [2.45, 2.75) is 19.5 Å². The summed E-state index contributed by atoms with van der Waals surface area (Å²) in [6.07, 6.45) is 0.727. The van der Waals surface area contributed by atoms with E-state index in [1.165, 1.54) is 0 Å². The fraction of sp³-hybridized carbons (Fsp3) is 0.238. The molecule has 2 heterocycles. The zero-order valence-electron chi connectivity index (χ0n) is 15.5. The van der Waals surface area contributed by atoms with Crippen LogP contribution in [-0.4, -0.2) is 28.5 Å². The lowest BCUT2D eigenvalue weighted by atomic mass is 10.1. The number of fused-ring (bicyclic) bond motifs is 1. The van der Waals surface area contributed by atoms with Gasteiger partial charge in [0.2, 0.25) is 0 Å². The highest BCUT2D eigenvalue weighted by molar-refractivity contribution is 6.32. The number of aromatic amines is 1. The number of hydrogen-bond donors (Lipinski definition) is 2. The second-order valence-electron chi connectivity index (χ2n) is 6.89. The molecule has 1 aromatic heterocycles. The van der Waals surface area contributed by atoms with E-state index in [1.807, 2.05) is 30.3 Å². The number of hydrogen-bond acceptors (Lipinski definition) is 5. The first-order chi connectivity index (χ1) is 13.5. The van der Waals surface area contributed by atoms with E-state index in [0.29, 0.717) is 35.4 Å². The Labute approximate surface area is 167 Å². The van der Waals surface area contributed by atoms with Gasteiger partial charge in [0.15, 0.2) is 0 Å². The highest BCUT2D eigenvalue weighted by Gasteiger charge is 2.21. The first-order valence-electron chi connectivity index (χ1n) is 9.06. The summed E-state index contributed by atoms with van der Waals surface area (Å²) in [6, 6.07) is 13.1. The van der Waals surface area contributed by atoms with Crippen molar-refractivity contribution < 1.29 is 4.74 Å². The molecule has 0 aliphatic carbocycles. The molecule has 0 atom stereocenters. The van der Waals surface area contributed by atoms with Crippen LogP contribution in [0.25, 0.3) is 11.4 Å². The van der Waals surface area contributed by atoms with E-state index in [4.69, 9.17) is 27.1 Å². The number of methoxy groups -OCH3 is 1. The number of nitrogen functional groups attached to an aromatic ring is 1. The van der Waals surface area contributed by atoms with Crippen LogP contribution in [0.15, 0.2) is 47.3 Å². The molecule has 0 spiro atoms. The number of H-pyrrole nitrogens is 1. The number of rotatable bonds is 4. The van der Waals surface area contributed by atoms with Gasteiger partial charge in [0.1, 0.15) is 11.6 Å². The minimum Gasteiger partial charge on any atom is -0.495 e. The third-order valence-electron chi connectivity index (χ3n) is 4.95. The Morgan fingerprint density at radius 3 is 2.75 bits per heavy atom. The summed E-state index contributed by atoms with van der Waals surface area (Å²) >= 11 is 6.22. The lowest BCUT2D eigenvalue weighted by Gasteiger charge is -2.28. The number of nitrogens with one attached hydrogen (secondary N) is 1. The van der Waals surface area contributed by atoms with Crippen LogP contribution in [0, 0.1) is 0 Å². The monoisotopic (exact) mass is 396 g/mol. The highest BCUT2D eigenvalue weighted by atomic mass is 35.5. The van der Waals surface area contributed by atoms with Crippen LogP contribution in [0.1, 0.15) is 16.8 Å². The van der Waals surface area contributed by atoms with Gasteiger partial charge in [0, 0.05) is 37.3 Å². The molecule has 28 heavy (non-hydrogen) atoms. The number of benzene rings is 2. The van der Waals surface area contributed by atoms with Gasteiger partial charge >= 0.3 is 0 Å². The molecular weight excluding hydrogens is 376 g/mol. The van der Waals surface area contributed by atoms with Crippen LogP contribution in [0.3, 0.4) is 0 Å². The standard InChI is InChI=1S/C21H21ClN4O2/c1-28-19-7-2-13(10-17(19)22)11-26-9-8-18-16(12-26)21(27)25-20(24-18)14-3-5-15(23)6-4-14/h2-7,10H,8-9,11-12,23H2,1H3,(H,24,25,27). The van der Waals surface area contributed by atoms with Crippen molar-refractivity contribution >= 4 is 17.3 Å². The van der Waals surface area contributed by atoms with Gasteiger partial charge in [0.05, 0.1) is 23.4 Å². The molecule has 7 heteroatoms. The Hall–Kier alpha value is -2.83. The fourth-order valence-electron chi connectivity index (χ4n) is 3.46. The van der Waals surface area contributed by atoms with E-state index in [1.54, 1.807) is 19.2 Å². The van der Waals surface area contributed by atoms with Crippen molar-refractivity contribution in [3.8, 4) is 17.1 Å². The van der Waals surface area contributed by atoms with Crippen molar-refractivity contribution in [2.75, 3.05) is 19.4 Å². The molecule has 0 saturated heterocycles. The normalized spacial score (nSPS) is 13.9. The van der Waals surface area contributed by atoms with Gasteiger partial charge in [-0.3, -0.25) is 9.69 Å². The molecule has 1 aliphatic heterocycles. The summed E-state index contributed by atoms with van der Waals surface area (Å²) in [5, 5.41) is 0.588. The van der Waals surface area contributed by atoms with Gasteiger partial charge in [0.25, 0.3) is 5.56 Å². The third-order valence-corrected chi connectivity index (χ3v) is 5.25. The number of aromatic nitrogens is 2. The molecule has 1 aliphatic rings. The lowest BCUT2D eigenvalue weighted by Crippen LogP contribution is -2.35. The van der Waals surface area contributed by atoms with E-state index in [-0.39, 0.29) is 5.56 Å². The van der Waals surface area contributed by atoms with Crippen molar-refractivity contribution in [1.82, 2.24) is 14.9 Å². The average Bonchev–Trinajstić information content (AvgIpc) is 2.69. The van der Waals surface area contributed by atoms with Crippen LogP contribution in [0.5, 0.6) is 5.75 Å². The summed E-state index contributed by atoms with van der Waals surface area (Å²) in [5.74, 6) is 1.24. The zero-order chi connectivity index (χ0) is 19.7. The summed E-state index contributed by atoms with van der Waals surface area (Å²) in [6.45, 7) is 2.10. The fourth-order valence-corrected chi connectivity index (χ4v) is 3.74. The first-order valence-corrected chi connectivity index (χ1v) is 9.44. The molecule has 6 nitrogen and oxygen atoms in total. The lowest BCUT2D eigenvalue weighted by molar-refractivity contribution is 0.242. The van der Waals surface area contributed by atoms with Crippen molar-refractivity contribution in [1.29, 1.82) is 0 Å². The number of anilines is 1. The molecule has 4 rings (SSSR count). The number of ether oxygens (including phenoxy) is 1. The quantitative estimate of drug-likeness (QED) is 0.661. The average molecular weight is 397 g/mol. The van der Waals surface area contributed by atoms with Gasteiger partial charge in [-0.05, 0) is 42.0 Å². The van der Waals surface area contributed by atoms with Crippen LogP contribution < -0.4 is 16.0 Å². The maximum absolute atomic E-state index is 12.7. The van der Waals surface area contributed by atoms with Gasteiger partial charge in [-0.2, -0.15) is 0 Å². The van der Waals surface area contributed by atoms with Crippen LogP contribution in [0.4, 0.5) is 5.69 Å². The maximum Gasteiger partial charge on any atom is 0.255 e. The second kappa shape index (κ2) is 7.66. The number of halogens is 1. The Morgan fingerprint density at radius 2 is 2.04 bits per heavy atom. The smallest absolute Gasteiger partial charge is 0.255 e. The third kappa shape index (κ3) is 3.74. The predicted octanol–water partition coefficient (Wildman–Crippen LogP) is 3.24. The molecule has 0 unspecified atom stereocenters. The molecular formula is C21H21ClN4O2. The maximum atomic E-state index is 12.7. The van der Waals surface area contributed by atoms with E-state index >= 15 is 0 Å². The largest absolute Gasteiger partial charge is 0.495 e. The van der Waals surface area contributed by atoms with Gasteiger partial charge in [-0.15, -0.1) is 0 Å². The Bertz CT molecular complexity index is 1060. The van der Waals surface area contributed by atoms with Crippen molar-refractivity contribution in [3.05, 3.63) is 74.7 Å². The van der Waals surface area contributed by atoms with E-state index in [2.05, 4.69) is 9.88 Å². The minimum absolute atomic E-state index is 0.0886. The Morgan fingerprint density at radius 1 is 1.25 bits per heavy atom. The molecule has 0 bridgehead atoms. The number of nitrogens with zero attached hydrogens (tertiary/aromatic N) is 2. The van der Waals surface area contributed by atoms with Crippen molar-refractivity contribution in [3.63, 3.8) is 0 Å². The molecule has 0 fully saturated rings. The first kappa shape index (κ1) is 18.5. The molecule has 0 saturated carbocycles. The number of nitrogens with two attached hydrogens (primary N) is 1. The molecule has 144 valence electrons. The topological polar surface area (TPSA) is 84.2 Å². The Kier molecular flexibility index (Phi) is 5.07. The predicted molar refractivity (Wildman–Crippen MR) is 111 cm³/mol. The van der Waals surface area contributed by atoms with Crippen LogP contribution in [0.2, 0.25) is 5.02 Å².